The fourth-order valence-corrected chi connectivity index (χ4v) is 2.81. The normalized spacial score (nSPS) is 11.1. The minimum absolute atomic E-state index is 1.03. The Labute approximate surface area is 123 Å². The number of pyridine rings is 2. The smallest absolute Gasteiger partial charge is 0.0780 e. The minimum atomic E-state index is 1.03. The molecule has 0 bridgehead atoms. The molecule has 2 heteroatoms. The van der Waals surface area contributed by atoms with E-state index in [1.54, 1.807) is 0 Å². The van der Waals surface area contributed by atoms with Crippen LogP contribution >= 0.6 is 0 Å². The Morgan fingerprint density at radius 2 is 1.62 bits per heavy atom. The minimum Gasteiger partial charge on any atom is -0.261 e. The summed E-state index contributed by atoms with van der Waals surface area (Å²) in [6.07, 6.45) is 3.83. The Hall–Kier alpha value is -2.74. The van der Waals surface area contributed by atoms with Gasteiger partial charge in [0.15, 0.2) is 0 Å². The molecule has 0 fully saturated rings. The van der Waals surface area contributed by atoms with Gasteiger partial charge in [0.2, 0.25) is 0 Å². The van der Waals surface area contributed by atoms with Crippen LogP contribution in [-0.4, -0.2) is 9.97 Å². The first-order valence-corrected chi connectivity index (χ1v) is 7.02. The molecule has 0 radical (unpaired) electrons. The summed E-state index contributed by atoms with van der Waals surface area (Å²) in [5.74, 6) is 0. The summed E-state index contributed by atoms with van der Waals surface area (Å²) in [5, 5.41) is 4.81. The second-order valence-electron chi connectivity index (χ2n) is 5.23. The van der Waals surface area contributed by atoms with E-state index in [9.17, 15) is 0 Å². The first-order valence-electron chi connectivity index (χ1n) is 7.02. The molecule has 0 amide bonds. The monoisotopic (exact) mass is 270 g/mol. The average Bonchev–Trinajstić information content (AvgIpc) is 2.55. The van der Waals surface area contributed by atoms with Gasteiger partial charge in [-0.1, -0.05) is 42.5 Å². The largest absolute Gasteiger partial charge is 0.261 e. The van der Waals surface area contributed by atoms with Gasteiger partial charge in [0.1, 0.15) is 0 Å². The van der Waals surface area contributed by atoms with Gasteiger partial charge in [0.25, 0.3) is 0 Å². The van der Waals surface area contributed by atoms with Crippen LogP contribution in [0.5, 0.6) is 0 Å². The van der Waals surface area contributed by atoms with E-state index >= 15 is 0 Å². The zero-order valence-electron chi connectivity index (χ0n) is 11.7. The zero-order chi connectivity index (χ0) is 14.2. The van der Waals surface area contributed by atoms with E-state index in [-0.39, 0.29) is 0 Å². The number of benzene rings is 2. The predicted octanol–water partition coefficient (Wildman–Crippen LogP) is 4.76. The molecular weight excluding hydrogens is 256 g/mol. The Morgan fingerprint density at radius 3 is 2.48 bits per heavy atom. The van der Waals surface area contributed by atoms with E-state index in [2.05, 4.69) is 46.4 Å². The molecular formula is C19H14N2. The fourth-order valence-electron chi connectivity index (χ4n) is 2.81. The standard InChI is InChI=1S/C19H14N2/c1-13-11-18-15(12-21-13)7-8-17-16(18)9-10-20-19(17)14-5-3-2-4-6-14/h2-12H,1H3. The van der Waals surface area contributed by atoms with Crippen LogP contribution in [0.3, 0.4) is 0 Å². The van der Waals surface area contributed by atoms with Gasteiger partial charge >= 0.3 is 0 Å². The summed E-state index contributed by atoms with van der Waals surface area (Å²) < 4.78 is 0. The lowest BCUT2D eigenvalue weighted by atomic mass is 9.99. The molecule has 2 aromatic carbocycles. The molecule has 2 nitrogen and oxygen atoms in total. The summed E-state index contributed by atoms with van der Waals surface area (Å²) in [7, 11) is 0. The molecule has 4 aromatic rings. The van der Waals surface area contributed by atoms with E-state index in [0.29, 0.717) is 0 Å². The van der Waals surface area contributed by atoms with E-state index in [1.807, 2.05) is 37.5 Å². The molecule has 2 aromatic heterocycles. The quantitative estimate of drug-likeness (QED) is 0.466. The number of aryl methyl sites for hydroxylation is 1. The Bertz CT molecular complexity index is 943. The Morgan fingerprint density at radius 1 is 0.762 bits per heavy atom. The van der Waals surface area contributed by atoms with Crippen LogP contribution in [0.4, 0.5) is 0 Å². The average molecular weight is 270 g/mol. The highest BCUT2D eigenvalue weighted by molar-refractivity contribution is 6.11. The van der Waals surface area contributed by atoms with Crippen LogP contribution in [0, 0.1) is 6.92 Å². The third-order valence-corrected chi connectivity index (χ3v) is 3.83. The maximum atomic E-state index is 4.59. The maximum absolute atomic E-state index is 4.59. The highest BCUT2D eigenvalue weighted by atomic mass is 14.7. The number of nitrogens with zero attached hydrogens (tertiary/aromatic N) is 2. The van der Waals surface area contributed by atoms with Gasteiger partial charge < -0.3 is 0 Å². The molecule has 100 valence electrons. The van der Waals surface area contributed by atoms with Crippen molar-refractivity contribution in [2.75, 3.05) is 0 Å². The Balaban J connectivity index is 2.11. The highest BCUT2D eigenvalue weighted by Crippen LogP contribution is 2.31. The molecule has 0 spiro atoms. The predicted molar refractivity (Wildman–Crippen MR) is 87.2 cm³/mol. The molecule has 21 heavy (non-hydrogen) atoms. The van der Waals surface area contributed by atoms with Gasteiger partial charge in [0.05, 0.1) is 5.69 Å². The number of hydrogen-bond donors (Lipinski definition) is 0. The van der Waals surface area contributed by atoms with Gasteiger partial charge in [0, 0.05) is 34.4 Å². The molecule has 0 atom stereocenters. The molecule has 0 aliphatic heterocycles. The van der Waals surface area contributed by atoms with Gasteiger partial charge in [-0.15, -0.1) is 0 Å². The third kappa shape index (κ3) is 1.96. The summed E-state index contributed by atoms with van der Waals surface area (Å²) in [5.41, 5.74) is 3.21. The summed E-state index contributed by atoms with van der Waals surface area (Å²) in [6, 6.07) is 18.8. The van der Waals surface area contributed by atoms with E-state index < -0.39 is 0 Å². The van der Waals surface area contributed by atoms with Crippen molar-refractivity contribution in [2.45, 2.75) is 6.92 Å². The number of aromatic nitrogens is 2. The van der Waals surface area contributed by atoms with Crippen molar-refractivity contribution < 1.29 is 0 Å². The molecule has 0 aliphatic rings. The number of fused-ring (bicyclic) bond motifs is 3. The molecule has 0 saturated heterocycles. The maximum Gasteiger partial charge on any atom is 0.0780 e. The Kier molecular flexibility index (Phi) is 2.68. The van der Waals surface area contributed by atoms with Crippen LogP contribution in [-0.2, 0) is 0 Å². The molecule has 2 heterocycles. The van der Waals surface area contributed by atoms with Crippen molar-refractivity contribution in [2.24, 2.45) is 0 Å². The van der Waals surface area contributed by atoms with Gasteiger partial charge in [-0.25, -0.2) is 0 Å². The fraction of sp³-hybridized carbons (Fsp3) is 0.0526. The molecule has 4 rings (SSSR count). The lowest BCUT2D eigenvalue weighted by Gasteiger charge is -2.09. The van der Waals surface area contributed by atoms with Crippen LogP contribution < -0.4 is 0 Å². The third-order valence-electron chi connectivity index (χ3n) is 3.83. The van der Waals surface area contributed by atoms with Crippen molar-refractivity contribution in [1.29, 1.82) is 0 Å². The topological polar surface area (TPSA) is 25.8 Å². The van der Waals surface area contributed by atoms with Gasteiger partial charge in [-0.3, -0.25) is 9.97 Å². The lowest BCUT2D eigenvalue weighted by molar-refractivity contribution is 1.23. The van der Waals surface area contributed by atoms with Crippen molar-refractivity contribution in [3.63, 3.8) is 0 Å². The molecule has 0 N–H and O–H groups in total. The summed E-state index contributed by atoms with van der Waals surface area (Å²) in [4.78, 5) is 8.97. The van der Waals surface area contributed by atoms with E-state index in [1.165, 1.54) is 21.5 Å². The van der Waals surface area contributed by atoms with Crippen molar-refractivity contribution in [3.05, 3.63) is 72.7 Å². The first kappa shape index (κ1) is 12.0. The van der Waals surface area contributed by atoms with Gasteiger partial charge in [-0.05, 0) is 29.8 Å². The molecule has 0 unspecified atom stereocenters. The van der Waals surface area contributed by atoms with Crippen LogP contribution in [0.1, 0.15) is 5.69 Å². The van der Waals surface area contributed by atoms with E-state index in [4.69, 9.17) is 0 Å². The van der Waals surface area contributed by atoms with Crippen LogP contribution in [0.15, 0.2) is 67.0 Å². The van der Waals surface area contributed by atoms with Crippen molar-refractivity contribution in [3.8, 4) is 11.3 Å². The SMILES string of the molecule is Cc1cc2c(ccc3c(-c4ccccc4)nccc32)cn1. The lowest BCUT2D eigenvalue weighted by Crippen LogP contribution is -1.88. The van der Waals surface area contributed by atoms with Crippen molar-refractivity contribution >= 4 is 21.5 Å². The van der Waals surface area contributed by atoms with Gasteiger partial charge in [-0.2, -0.15) is 0 Å². The van der Waals surface area contributed by atoms with Crippen molar-refractivity contribution in [1.82, 2.24) is 9.97 Å². The highest BCUT2D eigenvalue weighted by Gasteiger charge is 2.08. The number of rotatable bonds is 1. The zero-order valence-corrected chi connectivity index (χ0v) is 11.7. The van der Waals surface area contributed by atoms with Crippen LogP contribution in [0.2, 0.25) is 0 Å². The molecule has 0 aliphatic carbocycles. The van der Waals surface area contributed by atoms with E-state index in [0.717, 1.165) is 17.0 Å². The second-order valence-corrected chi connectivity index (χ2v) is 5.23. The first-order chi connectivity index (χ1) is 10.3. The van der Waals surface area contributed by atoms with Crippen LogP contribution in [0.25, 0.3) is 32.8 Å². The second kappa shape index (κ2) is 4.67. The summed E-state index contributed by atoms with van der Waals surface area (Å²) in [6.45, 7) is 2.03. The molecule has 0 saturated carbocycles. The number of hydrogen-bond acceptors (Lipinski definition) is 2. The summed E-state index contributed by atoms with van der Waals surface area (Å²) >= 11 is 0.